The monoisotopic (exact) mass is 1140 g/mol. The maximum absolute atomic E-state index is 13.0. The van der Waals surface area contributed by atoms with Gasteiger partial charge in [0.25, 0.3) is 0 Å². The topological polar surface area (TPSA) is 78.9 Å². The van der Waals surface area contributed by atoms with Crippen LogP contribution in [-0.2, 0) is 28.6 Å². The minimum absolute atomic E-state index is 0.0724. The van der Waals surface area contributed by atoms with Crippen molar-refractivity contribution >= 4 is 17.9 Å². The predicted molar refractivity (Wildman–Crippen MR) is 353 cm³/mol. The molecule has 0 radical (unpaired) electrons. The van der Waals surface area contributed by atoms with E-state index in [4.69, 9.17) is 14.2 Å². The number of hydrogen-bond donors (Lipinski definition) is 0. The third-order valence-corrected chi connectivity index (χ3v) is 16.3. The standard InChI is InChI=1S/C75H138O6/c1-4-7-10-13-16-19-22-25-28-30-32-33-34-35-36-37-38-39-40-41-43-44-47-50-53-56-59-62-65-68-74(77)80-71-72(70-79-73(76)67-64-61-58-55-52-49-46-27-24-21-18-15-12-9-6-3)81-75(78)69-66-63-60-57-54-51-48-45-42-31-29-26-23-20-17-14-11-8-5-2/h22,25-27,29-30,32,46,72H,4-21,23-24,28,31,33-45,47-71H2,1-3H3/b25-22-,29-26-,32-30-,46-27-. The van der Waals surface area contributed by atoms with Gasteiger partial charge in [0, 0.05) is 19.3 Å². The van der Waals surface area contributed by atoms with Crippen LogP contribution in [0.5, 0.6) is 0 Å². The van der Waals surface area contributed by atoms with E-state index in [0.29, 0.717) is 19.3 Å². The van der Waals surface area contributed by atoms with Crippen LogP contribution in [0.2, 0.25) is 0 Å². The molecular formula is C75H138O6. The van der Waals surface area contributed by atoms with Crippen molar-refractivity contribution in [1.82, 2.24) is 0 Å². The SMILES string of the molecule is CCCCCCC/C=C\C/C=C\CCCCCCCCCCCCCCCCCCCC(=O)OCC(COC(=O)CCCCCCC/C=C\CCCCCCCC)OC(=O)CCCCCCCCCCC/C=C\CCCCCCCC. The lowest BCUT2D eigenvalue weighted by atomic mass is 10.0. The third-order valence-electron chi connectivity index (χ3n) is 16.3. The van der Waals surface area contributed by atoms with Crippen LogP contribution in [0.4, 0.5) is 0 Å². The van der Waals surface area contributed by atoms with Gasteiger partial charge in [0.15, 0.2) is 6.10 Å². The van der Waals surface area contributed by atoms with Crippen LogP contribution in [0, 0.1) is 0 Å². The number of esters is 3. The van der Waals surface area contributed by atoms with Crippen molar-refractivity contribution in [3.8, 4) is 0 Å². The summed E-state index contributed by atoms with van der Waals surface area (Å²) < 4.78 is 17.0. The van der Waals surface area contributed by atoms with Gasteiger partial charge in [-0.05, 0) is 103 Å². The fourth-order valence-corrected chi connectivity index (χ4v) is 10.8. The molecule has 0 aromatic carbocycles. The molecule has 81 heavy (non-hydrogen) atoms. The number of hydrogen-bond acceptors (Lipinski definition) is 6. The highest BCUT2D eigenvalue weighted by molar-refractivity contribution is 5.71. The lowest BCUT2D eigenvalue weighted by Crippen LogP contribution is -2.30. The first-order chi connectivity index (χ1) is 40.0. The molecule has 0 aliphatic heterocycles. The molecule has 474 valence electrons. The van der Waals surface area contributed by atoms with Crippen molar-refractivity contribution in [3.05, 3.63) is 48.6 Å². The van der Waals surface area contributed by atoms with Gasteiger partial charge < -0.3 is 14.2 Å². The number of unbranched alkanes of at least 4 members (excludes halogenated alkanes) is 48. The Hall–Kier alpha value is -2.63. The fourth-order valence-electron chi connectivity index (χ4n) is 10.8. The average Bonchev–Trinajstić information content (AvgIpc) is 3.47. The Morgan fingerprint density at radius 1 is 0.247 bits per heavy atom. The van der Waals surface area contributed by atoms with E-state index >= 15 is 0 Å². The Morgan fingerprint density at radius 2 is 0.444 bits per heavy atom. The van der Waals surface area contributed by atoms with E-state index < -0.39 is 6.10 Å². The van der Waals surface area contributed by atoms with Gasteiger partial charge in [0.05, 0.1) is 0 Å². The van der Waals surface area contributed by atoms with Crippen LogP contribution in [0.15, 0.2) is 48.6 Å². The Morgan fingerprint density at radius 3 is 0.691 bits per heavy atom. The van der Waals surface area contributed by atoms with Gasteiger partial charge in [-0.2, -0.15) is 0 Å². The lowest BCUT2D eigenvalue weighted by molar-refractivity contribution is -0.167. The summed E-state index contributed by atoms with van der Waals surface area (Å²) in [4.78, 5) is 38.4. The molecule has 0 bridgehead atoms. The van der Waals surface area contributed by atoms with E-state index in [1.807, 2.05) is 0 Å². The van der Waals surface area contributed by atoms with E-state index in [2.05, 4.69) is 69.4 Å². The summed E-state index contributed by atoms with van der Waals surface area (Å²) >= 11 is 0. The minimum Gasteiger partial charge on any atom is -0.462 e. The highest BCUT2D eigenvalue weighted by Gasteiger charge is 2.19. The molecule has 0 aliphatic carbocycles. The fraction of sp³-hybridized carbons (Fsp3) is 0.853. The highest BCUT2D eigenvalue weighted by Crippen LogP contribution is 2.18. The summed E-state index contributed by atoms with van der Waals surface area (Å²) in [5, 5.41) is 0. The molecule has 0 fully saturated rings. The molecule has 0 aliphatic rings. The molecule has 0 amide bonds. The summed E-state index contributed by atoms with van der Waals surface area (Å²) in [7, 11) is 0. The Bertz CT molecular complexity index is 1400. The summed E-state index contributed by atoms with van der Waals surface area (Å²) in [5.41, 5.74) is 0. The van der Waals surface area contributed by atoms with Crippen LogP contribution in [-0.4, -0.2) is 37.2 Å². The first kappa shape index (κ1) is 78.4. The van der Waals surface area contributed by atoms with E-state index in [-0.39, 0.29) is 31.1 Å². The molecule has 1 unspecified atom stereocenters. The molecule has 0 heterocycles. The van der Waals surface area contributed by atoms with Gasteiger partial charge in [-0.3, -0.25) is 14.4 Å². The minimum atomic E-state index is -0.777. The zero-order valence-electron chi connectivity index (χ0n) is 54.6. The number of rotatable bonds is 67. The van der Waals surface area contributed by atoms with Crippen LogP contribution < -0.4 is 0 Å². The molecule has 1 atom stereocenters. The number of carbonyl (C=O) groups is 3. The third kappa shape index (κ3) is 68.0. The molecule has 0 saturated heterocycles. The van der Waals surface area contributed by atoms with Gasteiger partial charge in [0.1, 0.15) is 13.2 Å². The van der Waals surface area contributed by atoms with Crippen LogP contribution in [0.3, 0.4) is 0 Å². The van der Waals surface area contributed by atoms with E-state index in [1.165, 1.54) is 283 Å². The van der Waals surface area contributed by atoms with E-state index in [9.17, 15) is 14.4 Å². The molecule has 0 saturated carbocycles. The Balaban J connectivity index is 4.23. The van der Waals surface area contributed by atoms with Gasteiger partial charge in [-0.15, -0.1) is 0 Å². The summed E-state index contributed by atoms with van der Waals surface area (Å²) in [5.74, 6) is -0.857. The number of ether oxygens (including phenoxy) is 3. The maximum Gasteiger partial charge on any atom is 0.306 e. The van der Waals surface area contributed by atoms with Crippen molar-refractivity contribution in [1.29, 1.82) is 0 Å². The molecule has 6 nitrogen and oxygen atoms in total. The maximum atomic E-state index is 13.0. The van der Waals surface area contributed by atoms with Crippen molar-refractivity contribution in [3.63, 3.8) is 0 Å². The van der Waals surface area contributed by atoms with Crippen molar-refractivity contribution in [2.75, 3.05) is 13.2 Å². The second-order valence-electron chi connectivity index (χ2n) is 24.5. The van der Waals surface area contributed by atoms with E-state index in [0.717, 1.165) is 70.6 Å². The number of allylic oxidation sites excluding steroid dienone is 8. The molecule has 0 aromatic rings. The smallest absolute Gasteiger partial charge is 0.306 e. The first-order valence-electron chi connectivity index (χ1n) is 36.1. The van der Waals surface area contributed by atoms with Crippen LogP contribution >= 0.6 is 0 Å². The van der Waals surface area contributed by atoms with E-state index in [1.54, 1.807) is 0 Å². The zero-order valence-corrected chi connectivity index (χ0v) is 54.6. The second-order valence-corrected chi connectivity index (χ2v) is 24.5. The number of carbonyl (C=O) groups excluding carboxylic acids is 3. The van der Waals surface area contributed by atoms with Crippen molar-refractivity contribution < 1.29 is 28.6 Å². The first-order valence-corrected chi connectivity index (χ1v) is 36.1. The summed E-state index contributed by atoms with van der Waals surface area (Å²) in [6.45, 7) is 6.68. The quantitative estimate of drug-likeness (QED) is 0.0261. The highest BCUT2D eigenvalue weighted by atomic mass is 16.6. The van der Waals surface area contributed by atoms with Gasteiger partial charge in [-0.1, -0.05) is 320 Å². The summed E-state index contributed by atoms with van der Waals surface area (Å²) in [6.07, 6.45) is 88.6. The average molecular weight is 1140 g/mol. The lowest BCUT2D eigenvalue weighted by Gasteiger charge is -2.18. The molecule has 0 rings (SSSR count). The zero-order chi connectivity index (χ0) is 58.5. The largest absolute Gasteiger partial charge is 0.462 e. The van der Waals surface area contributed by atoms with Gasteiger partial charge in [-0.25, -0.2) is 0 Å². The normalized spacial score (nSPS) is 12.3. The summed E-state index contributed by atoms with van der Waals surface area (Å²) in [6, 6.07) is 0. The molecular weight excluding hydrogens is 997 g/mol. The van der Waals surface area contributed by atoms with Crippen molar-refractivity contribution in [2.45, 2.75) is 399 Å². The predicted octanol–water partition coefficient (Wildman–Crippen LogP) is 24.9. The molecule has 0 aromatic heterocycles. The molecule has 0 N–H and O–H groups in total. The van der Waals surface area contributed by atoms with Crippen molar-refractivity contribution in [2.24, 2.45) is 0 Å². The molecule has 6 heteroatoms. The van der Waals surface area contributed by atoms with Gasteiger partial charge >= 0.3 is 17.9 Å². The second kappa shape index (κ2) is 69.9. The Labute approximate surface area is 505 Å². The van der Waals surface area contributed by atoms with Crippen LogP contribution in [0.1, 0.15) is 393 Å². The van der Waals surface area contributed by atoms with Gasteiger partial charge in [0.2, 0.25) is 0 Å². The molecule has 0 spiro atoms. The van der Waals surface area contributed by atoms with Crippen LogP contribution in [0.25, 0.3) is 0 Å². The Kier molecular flexibility index (Phi) is 67.6.